The van der Waals surface area contributed by atoms with Crippen LogP contribution in [0.15, 0.2) is 12.5 Å². The van der Waals surface area contributed by atoms with Crippen LogP contribution in [0.5, 0.6) is 0 Å². The summed E-state index contributed by atoms with van der Waals surface area (Å²) in [7, 11) is 1.93. The number of hydrogen-bond acceptors (Lipinski definition) is 5. The Morgan fingerprint density at radius 3 is 2.47 bits per heavy atom. The van der Waals surface area contributed by atoms with Crippen molar-refractivity contribution in [2.75, 3.05) is 26.7 Å². The zero-order valence-corrected chi connectivity index (χ0v) is 23.0. The summed E-state index contributed by atoms with van der Waals surface area (Å²) in [5, 5.41) is 5.83. The molecule has 1 unspecified atom stereocenters. The lowest BCUT2D eigenvalue weighted by Gasteiger charge is -2.35. The normalized spacial score (nSPS) is 20.1. The molecule has 0 bridgehead atoms. The first-order chi connectivity index (χ1) is 17.3. The number of nitrogens with zero attached hydrogens (tertiary/aromatic N) is 5. The van der Waals surface area contributed by atoms with Gasteiger partial charge in [0.2, 0.25) is 5.91 Å². The standard InChI is InChI=1S/C28H36N6OS/c1-15(2)22-23-18(5)25(19-7-11-33(12-8-19)21-9-10-32(6)28(21)35)36-27(23)31-24(22)20-13-34-26(29-14-30-34)17(4)16(20)3/h13-15,19,21,31H,7-12H2,1-6H3. The molecule has 7 nitrogen and oxygen atoms in total. The lowest BCUT2D eigenvalue weighted by molar-refractivity contribution is -0.131. The van der Waals surface area contributed by atoms with Gasteiger partial charge in [0.25, 0.3) is 0 Å². The van der Waals surface area contributed by atoms with Gasteiger partial charge in [0.05, 0.1) is 11.7 Å². The molecule has 1 N–H and O–H groups in total. The lowest BCUT2D eigenvalue weighted by Crippen LogP contribution is -2.44. The van der Waals surface area contributed by atoms with Gasteiger partial charge in [0.15, 0.2) is 5.65 Å². The fourth-order valence-electron chi connectivity index (χ4n) is 6.50. The summed E-state index contributed by atoms with van der Waals surface area (Å²) in [5.41, 5.74) is 8.62. The zero-order chi connectivity index (χ0) is 25.3. The number of rotatable bonds is 4. The van der Waals surface area contributed by atoms with E-state index in [1.165, 1.54) is 48.6 Å². The average molecular weight is 505 g/mol. The van der Waals surface area contributed by atoms with Crippen molar-refractivity contribution in [1.82, 2.24) is 29.4 Å². The van der Waals surface area contributed by atoms with Crippen LogP contribution in [0.1, 0.15) is 72.1 Å². The first kappa shape index (κ1) is 23.7. The van der Waals surface area contributed by atoms with Crippen LogP contribution in [-0.4, -0.2) is 68.0 Å². The van der Waals surface area contributed by atoms with Gasteiger partial charge in [-0.1, -0.05) is 13.8 Å². The number of amides is 1. The summed E-state index contributed by atoms with van der Waals surface area (Å²) < 4.78 is 1.90. The van der Waals surface area contributed by atoms with Crippen LogP contribution in [0.3, 0.4) is 0 Å². The van der Waals surface area contributed by atoms with E-state index in [0.717, 1.165) is 44.5 Å². The van der Waals surface area contributed by atoms with Crippen LogP contribution in [0.25, 0.3) is 27.1 Å². The molecule has 8 heteroatoms. The number of carbonyl (C=O) groups excluding carboxylic acids is 1. The number of aryl methyl sites for hydroxylation is 2. The number of fused-ring (bicyclic) bond motifs is 2. The van der Waals surface area contributed by atoms with Gasteiger partial charge in [0.1, 0.15) is 11.2 Å². The Morgan fingerprint density at radius 2 is 1.81 bits per heavy atom. The third-order valence-electron chi connectivity index (χ3n) is 8.67. The summed E-state index contributed by atoms with van der Waals surface area (Å²) in [6, 6.07) is 0.0964. The minimum Gasteiger partial charge on any atom is -0.346 e. The molecule has 2 aliphatic rings. The number of thiophene rings is 1. The van der Waals surface area contributed by atoms with Crippen LogP contribution >= 0.6 is 11.3 Å². The van der Waals surface area contributed by atoms with E-state index in [9.17, 15) is 4.79 Å². The monoisotopic (exact) mass is 504 g/mol. The number of H-pyrrole nitrogens is 1. The molecule has 4 aromatic rings. The average Bonchev–Trinajstić information content (AvgIpc) is 3.62. The number of pyridine rings is 1. The molecule has 0 spiro atoms. The highest BCUT2D eigenvalue weighted by Crippen LogP contribution is 2.46. The van der Waals surface area contributed by atoms with Gasteiger partial charge in [-0.15, -0.1) is 11.3 Å². The Kier molecular flexibility index (Phi) is 5.72. The molecule has 2 saturated heterocycles. The van der Waals surface area contributed by atoms with E-state index < -0.39 is 0 Å². The molecule has 2 fully saturated rings. The van der Waals surface area contributed by atoms with Crippen molar-refractivity contribution in [2.24, 2.45) is 0 Å². The molecule has 6 rings (SSSR count). The van der Waals surface area contributed by atoms with Gasteiger partial charge < -0.3 is 9.88 Å². The lowest BCUT2D eigenvalue weighted by atomic mass is 9.89. The van der Waals surface area contributed by atoms with Crippen molar-refractivity contribution in [1.29, 1.82) is 0 Å². The van der Waals surface area contributed by atoms with E-state index in [1.54, 1.807) is 6.33 Å². The summed E-state index contributed by atoms with van der Waals surface area (Å²) in [5.74, 6) is 1.27. The predicted octanol–water partition coefficient (Wildman–Crippen LogP) is 5.40. The number of nitrogens with one attached hydrogen (secondary N) is 1. The highest BCUT2D eigenvalue weighted by molar-refractivity contribution is 7.19. The third kappa shape index (κ3) is 3.52. The molecule has 4 aromatic heterocycles. The second kappa shape index (κ2) is 8.70. The molecule has 0 saturated carbocycles. The number of piperidine rings is 1. The Balaban J connectivity index is 1.35. The van der Waals surface area contributed by atoms with Crippen molar-refractivity contribution in [3.05, 3.63) is 39.7 Å². The van der Waals surface area contributed by atoms with Crippen molar-refractivity contribution < 1.29 is 4.79 Å². The maximum Gasteiger partial charge on any atom is 0.239 e. The first-order valence-corrected chi connectivity index (χ1v) is 14.0. The highest BCUT2D eigenvalue weighted by atomic mass is 32.1. The Morgan fingerprint density at radius 1 is 1.06 bits per heavy atom. The maximum atomic E-state index is 12.5. The van der Waals surface area contributed by atoms with Gasteiger partial charge in [-0.2, -0.15) is 5.10 Å². The van der Waals surface area contributed by atoms with Crippen LogP contribution in [0, 0.1) is 20.8 Å². The van der Waals surface area contributed by atoms with E-state index >= 15 is 0 Å². The van der Waals surface area contributed by atoms with E-state index in [4.69, 9.17) is 0 Å². The molecule has 190 valence electrons. The number of carbonyl (C=O) groups is 1. The molecule has 6 heterocycles. The highest BCUT2D eigenvalue weighted by Gasteiger charge is 2.36. The van der Waals surface area contributed by atoms with Crippen molar-refractivity contribution in [3.63, 3.8) is 0 Å². The maximum absolute atomic E-state index is 12.5. The number of hydrogen-bond donors (Lipinski definition) is 1. The Hall–Kier alpha value is -2.71. The van der Waals surface area contributed by atoms with Crippen LogP contribution < -0.4 is 0 Å². The summed E-state index contributed by atoms with van der Waals surface area (Å²) in [6.45, 7) is 14.2. The molecule has 1 amide bonds. The Bertz CT molecular complexity index is 1470. The van der Waals surface area contributed by atoms with Gasteiger partial charge >= 0.3 is 0 Å². The Labute approximate surface area is 216 Å². The van der Waals surface area contributed by atoms with Crippen molar-refractivity contribution in [3.8, 4) is 11.3 Å². The number of likely N-dealkylation sites (tertiary alicyclic amines) is 2. The minimum atomic E-state index is 0.0964. The summed E-state index contributed by atoms with van der Waals surface area (Å²) >= 11 is 1.94. The van der Waals surface area contributed by atoms with Gasteiger partial charge in [-0.25, -0.2) is 9.50 Å². The van der Waals surface area contributed by atoms with E-state index in [1.807, 2.05) is 27.8 Å². The zero-order valence-electron chi connectivity index (χ0n) is 22.2. The van der Waals surface area contributed by atoms with E-state index in [-0.39, 0.29) is 6.04 Å². The first-order valence-electron chi connectivity index (χ1n) is 13.2. The summed E-state index contributed by atoms with van der Waals surface area (Å²) in [6.07, 6.45) is 6.98. The number of aromatic amines is 1. The van der Waals surface area contributed by atoms with E-state index in [0.29, 0.717) is 17.7 Å². The topological polar surface area (TPSA) is 69.5 Å². The largest absolute Gasteiger partial charge is 0.346 e. The predicted molar refractivity (Wildman–Crippen MR) is 146 cm³/mol. The minimum absolute atomic E-state index is 0.0964. The van der Waals surface area contributed by atoms with Gasteiger partial charge in [0, 0.05) is 35.6 Å². The van der Waals surface area contributed by atoms with Crippen molar-refractivity contribution >= 4 is 33.1 Å². The second-order valence-electron chi connectivity index (χ2n) is 11.1. The molecule has 1 atom stereocenters. The SMILES string of the molecule is Cc1c(-c2[nH]c3sc(C4CCN(C5CCN(C)C5=O)CC4)c(C)c3c2C(C)C)cn2ncnc2c1C. The fourth-order valence-corrected chi connectivity index (χ4v) is 7.89. The smallest absolute Gasteiger partial charge is 0.239 e. The second-order valence-corrected chi connectivity index (χ2v) is 12.1. The number of likely N-dealkylation sites (N-methyl/N-ethyl adjacent to an activating group) is 1. The molecule has 2 aliphatic heterocycles. The third-order valence-corrected chi connectivity index (χ3v) is 10.0. The molecular weight excluding hydrogens is 468 g/mol. The van der Waals surface area contributed by atoms with Crippen LogP contribution in [0.2, 0.25) is 0 Å². The summed E-state index contributed by atoms with van der Waals surface area (Å²) in [4.78, 5) is 27.9. The van der Waals surface area contributed by atoms with E-state index in [2.05, 4.69) is 60.8 Å². The van der Waals surface area contributed by atoms with Gasteiger partial charge in [-0.3, -0.25) is 9.69 Å². The molecule has 0 radical (unpaired) electrons. The molecule has 0 aromatic carbocycles. The molecule has 36 heavy (non-hydrogen) atoms. The molecule has 0 aliphatic carbocycles. The van der Waals surface area contributed by atoms with Gasteiger partial charge in [-0.05, 0) is 87.2 Å². The van der Waals surface area contributed by atoms with Crippen LogP contribution in [0.4, 0.5) is 0 Å². The number of aromatic nitrogens is 4. The quantitative estimate of drug-likeness (QED) is 0.404. The van der Waals surface area contributed by atoms with Crippen LogP contribution in [-0.2, 0) is 4.79 Å². The van der Waals surface area contributed by atoms with Crippen molar-refractivity contribution in [2.45, 2.75) is 71.8 Å². The fraction of sp³-hybridized carbons (Fsp3) is 0.536. The molecular formula is C28H36N6OS.